The molecule has 0 saturated carbocycles. The molecule has 8 heteroatoms. The van der Waals surface area contributed by atoms with Crippen LogP contribution < -0.4 is 10.2 Å². The van der Waals surface area contributed by atoms with Gasteiger partial charge < -0.3 is 10.2 Å². The molecule has 0 bridgehead atoms. The molecule has 0 unspecified atom stereocenters. The quantitative estimate of drug-likeness (QED) is 0.737. The highest BCUT2D eigenvalue weighted by molar-refractivity contribution is 6.44. The number of halogens is 4. The fraction of sp³-hybridized carbons (Fsp3) is 0.176. The molecule has 1 N–H and O–H groups in total. The maximum atomic E-state index is 12.5. The van der Waals surface area contributed by atoms with Gasteiger partial charge in [-0.2, -0.15) is 0 Å². The second kappa shape index (κ2) is 7.42. The average molecular weight is 418 g/mol. The highest BCUT2D eigenvalue weighted by Gasteiger charge is 2.36. The lowest BCUT2D eigenvalue weighted by atomic mass is 10.1. The highest BCUT2D eigenvalue weighted by atomic mass is 35.5. The Morgan fingerprint density at radius 1 is 1.00 bits per heavy atom. The fourth-order valence-electron chi connectivity index (χ4n) is 2.65. The lowest BCUT2D eigenvalue weighted by molar-refractivity contribution is -0.122. The van der Waals surface area contributed by atoms with Crippen LogP contribution in [0.5, 0.6) is 0 Å². The van der Waals surface area contributed by atoms with Crippen molar-refractivity contribution in [3.8, 4) is 0 Å². The van der Waals surface area contributed by atoms with Crippen LogP contribution in [-0.4, -0.2) is 18.4 Å². The van der Waals surface area contributed by atoms with E-state index in [1.807, 2.05) is 0 Å². The molecule has 1 aliphatic rings. The highest BCUT2D eigenvalue weighted by Crippen LogP contribution is 2.36. The number of carbonyl (C=O) groups is 2. The summed E-state index contributed by atoms with van der Waals surface area (Å²) in [6, 6.07) is 9.99. The summed E-state index contributed by atoms with van der Waals surface area (Å²) in [7, 11) is 0. The molecule has 4 nitrogen and oxygen atoms in total. The first-order valence-electron chi connectivity index (χ1n) is 7.37. The number of hydrogen-bond acceptors (Lipinski definition) is 2. The van der Waals surface area contributed by atoms with Crippen LogP contribution in [0.3, 0.4) is 0 Å². The van der Waals surface area contributed by atoms with E-state index in [0.29, 0.717) is 21.4 Å². The molecule has 0 radical (unpaired) electrons. The van der Waals surface area contributed by atoms with Crippen molar-refractivity contribution in [1.29, 1.82) is 0 Å². The summed E-state index contributed by atoms with van der Waals surface area (Å²) in [6.45, 7) is 0.211. The molecular weight excluding hydrogens is 406 g/mol. The number of nitrogens with zero attached hydrogens (tertiary/aromatic N) is 1. The summed E-state index contributed by atoms with van der Waals surface area (Å²) < 4.78 is 0. The van der Waals surface area contributed by atoms with Gasteiger partial charge in [0.1, 0.15) is 0 Å². The Kier molecular flexibility index (Phi) is 5.44. The monoisotopic (exact) mass is 416 g/mol. The molecule has 0 aliphatic carbocycles. The van der Waals surface area contributed by atoms with Crippen LogP contribution in [-0.2, 0) is 9.59 Å². The van der Waals surface area contributed by atoms with Crippen molar-refractivity contribution in [3.05, 3.63) is 56.5 Å². The number of rotatable bonds is 3. The lowest BCUT2D eigenvalue weighted by Gasteiger charge is -2.18. The van der Waals surface area contributed by atoms with E-state index in [9.17, 15) is 9.59 Å². The first-order valence-corrected chi connectivity index (χ1v) is 8.89. The normalized spacial score (nSPS) is 17.0. The standard InChI is InChI=1S/C17H12Cl4N2O2/c18-10-3-1-5-12(15(10)20)22-17(25)9-7-14(24)23(8-9)13-6-2-4-11(19)16(13)21/h1-6,9H,7-8H2,(H,22,25)/t9-/m0/s1. The Morgan fingerprint density at radius 3 is 2.36 bits per heavy atom. The molecule has 130 valence electrons. The Hall–Kier alpha value is -1.46. The minimum Gasteiger partial charge on any atom is -0.324 e. The average Bonchev–Trinajstić information content (AvgIpc) is 2.96. The van der Waals surface area contributed by atoms with Gasteiger partial charge in [0.2, 0.25) is 11.8 Å². The van der Waals surface area contributed by atoms with Gasteiger partial charge in [-0.3, -0.25) is 9.59 Å². The van der Waals surface area contributed by atoms with Crippen LogP contribution in [0.25, 0.3) is 0 Å². The number of amides is 2. The molecule has 2 aromatic rings. The van der Waals surface area contributed by atoms with Crippen LogP contribution in [0.1, 0.15) is 6.42 Å². The van der Waals surface area contributed by atoms with Crippen molar-refractivity contribution in [2.45, 2.75) is 6.42 Å². The van der Waals surface area contributed by atoms with Gasteiger partial charge in [0.05, 0.1) is 37.4 Å². The molecule has 1 saturated heterocycles. The van der Waals surface area contributed by atoms with Gasteiger partial charge in [0.25, 0.3) is 0 Å². The number of nitrogens with one attached hydrogen (secondary N) is 1. The van der Waals surface area contributed by atoms with Crippen LogP contribution in [0.4, 0.5) is 11.4 Å². The van der Waals surface area contributed by atoms with Gasteiger partial charge >= 0.3 is 0 Å². The number of hydrogen-bond donors (Lipinski definition) is 1. The molecule has 1 fully saturated rings. The first-order chi connectivity index (χ1) is 11.9. The Bertz CT molecular complexity index is 857. The van der Waals surface area contributed by atoms with E-state index < -0.39 is 5.92 Å². The molecule has 0 aromatic heterocycles. The Labute approximate surface area is 164 Å². The summed E-state index contributed by atoms with van der Waals surface area (Å²) in [4.78, 5) is 26.3. The zero-order valence-corrected chi connectivity index (χ0v) is 15.8. The SMILES string of the molecule is O=C(Nc1cccc(Cl)c1Cl)[C@H]1CC(=O)N(c2cccc(Cl)c2Cl)C1. The minimum absolute atomic E-state index is 0.0763. The molecule has 1 heterocycles. The largest absolute Gasteiger partial charge is 0.324 e. The van der Waals surface area contributed by atoms with Crippen LogP contribution in [0.2, 0.25) is 20.1 Å². The second-order valence-electron chi connectivity index (χ2n) is 5.57. The van der Waals surface area contributed by atoms with Gasteiger partial charge in [0.15, 0.2) is 0 Å². The van der Waals surface area contributed by atoms with Crippen molar-refractivity contribution in [2.24, 2.45) is 5.92 Å². The van der Waals surface area contributed by atoms with Crippen molar-refractivity contribution in [3.63, 3.8) is 0 Å². The zero-order valence-electron chi connectivity index (χ0n) is 12.7. The summed E-state index contributed by atoms with van der Waals surface area (Å²) in [5.41, 5.74) is 0.904. The smallest absolute Gasteiger partial charge is 0.229 e. The maximum absolute atomic E-state index is 12.5. The van der Waals surface area contributed by atoms with E-state index in [-0.39, 0.29) is 34.8 Å². The maximum Gasteiger partial charge on any atom is 0.229 e. The van der Waals surface area contributed by atoms with Gasteiger partial charge in [-0.1, -0.05) is 58.5 Å². The first kappa shape index (κ1) is 18.3. The van der Waals surface area contributed by atoms with Gasteiger partial charge in [0, 0.05) is 13.0 Å². The van der Waals surface area contributed by atoms with E-state index in [2.05, 4.69) is 5.32 Å². The number of benzene rings is 2. The number of carbonyl (C=O) groups excluding carboxylic acids is 2. The molecule has 2 aromatic carbocycles. The van der Waals surface area contributed by atoms with Crippen LogP contribution >= 0.6 is 46.4 Å². The van der Waals surface area contributed by atoms with E-state index in [0.717, 1.165) is 0 Å². The Balaban J connectivity index is 1.77. The van der Waals surface area contributed by atoms with E-state index in [1.165, 1.54) is 4.90 Å². The lowest BCUT2D eigenvalue weighted by Crippen LogP contribution is -2.28. The van der Waals surface area contributed by atoms with E-state index >= 15 is 0 Å². The van der Waals surface area contributed by atoms with Crippen molar-refractivity contribution >= 4 is 69.6 Å². The predicted octanol–water partition coefficient (Wildman–Crippen LogP) is 5.29. The molecule has 25 heavy (non-hydrogen) atoms. The molecule has 1 atom stereocenters. The van der Waals surface area contributed by atoms with E-state index in [1.54, 1.807) is 36.4 Å². The third-order valence-corrected chi connectivity index (χ3v) is 5.56. The van der Waals surface area contributed by atoms with E-state index in [4.69, 9.17) is 46.4 Å². The molecule has 2 amide bonds. The molecule has 1 aliphatic heterocycles. The van der Waals surface area contributed by atoms with Gasteiger partial charge in [-0.25, -0.2) is 0 Å². The fourth-order valence-corrected chi connectivity index (χ4v) is 3.40. The predicted molar refractivity (Wildman–Crippen MR) is 102 cm³/mol. The summed E-state index contributed by atoms with van der Waals surface area (Å²) >= 11 is 24.2. The third kappa shape index (κ3) is 3.72. The minimum atomic E-state index is -0.530. The van der Waals surface area contributed by atoms with Gasteiger partial charge in [-0.15, -0.1) is 0 Å². The second-order valence-corrected chi connectivity index (χ2v) is 7.14. The van der Waals surface area contributed by atoms with Crippen LogP contribution in [0, 0.1) is 5.92 Å². The molecule has 0 spiro atoms. The summed E-state index contributed by atoms with van der Waals surface area (Å²) in [5, 5.41) is 3.96. The molecule has 3 rings (SSSR count). The third-order valence-electron chi connectivity index (χ3n) is 3.93. The Morgan fingerprint density at radius 2 is 1.64 bits per heavy atom. The number of anilines is 2. The van der Waals surface area contributed by atoms with Gasteiger partial charge in [-0.05, 0) is 24.3 Å². The van der Waals surface area contributed by atoms with Crippen molar-refractivity contribution in [2.75, 3.05) is 16.8 Å². The zero-order chi connectivity index (χ0) is 18.1. The molecular formula is C17H12Cl4N2O2. The summed E-state index contributed by atoms with van der Waals surface area (Å²) in [5.74, 6) is -1.03. The van der Waals surface area contributed by atoms with Crippen LogP contribution in [0.15, 0.2) is 36.4 Å². The van der Waals surface area contributed by atoms with Crippen molar-refractivity contribution in [1.82, 2.24) is 0 Å². The van der Waals surface area contributed by atoms with Crippen molar-refractivity contribution < 1.29 is 9.59 Å². The summed E-state index contributed by atoms with van der Waals surface area (Å²) in [6.07, 6.45) is 0.0763. The topological polar surface area (TPSA) is 49.4 Å².